The molecule has 1 aliphatic heterocycles. The molecule has 144 valence electrons. The maximum Gasteiger partial charge on any atom is 0.231 e. The number of hydrogen-bond donors (Lipinski definition) is 0. The van der Waals surface area contributed by atoms with Gasteiger partial charge in [-0.25, -0.2) is 4.98 Å². The highest BCUT2D eigenvalue weighted by molar-refractivity contribution is 7.07. The molecule has 1 saturated heterocycles. The third kappa shape index (κ3) is 3.72. The molecule has 0 spiro atoms. The molecule has 6 nitrogen and oxygen atoms in total. The summed E-state index contributed by atoms with van der Waals surface area (Å²) in [6, 6.07) is 8.30. The summed E-state index contributed by atoms with van der Waals surface area (Å²) < 4.78 is 7.67. The summed E-state index contributed by atoms with van der Waals surface area (Å²) in [6.07, 6.45) is 6.64. The molecule has 0 atom stereocenters. The Morgan fingerprint density at radius 3 is 2.86 bits per heavy atom. The van der Waals surface area contributed by atoms with E-state index in [-0.39, 0.29) is 0 Å². The van der Waals surface area contributed by atoms with E-state index in [1.54, 1.807) is 11.3 Å². The smallest absolute Gasteiger partial charge is 0.231 e. The Bertz CT molecular complexity index is 1050. The predicted octanol–water partition coefficient (Wildman–Crippen LogP) is 4.22. The number of piperidine rings is 1. The number of thiophene rings is 1. The van der Waals surface area contributed by atoms with Crippen LogP contribution in [0.15, 0.2) is 45.9 Å². The molecule has 0 radical (unpaired) electrons. The molecule has 1 aromatic carbocycles. The van der Waals surface area contributed by atoms with Crippen molar-refractivity contribution in [1.29, 1.82) is 0 Å². The highest BCUT2D eigenvalue weighted by atomic mass is 32.1. The molecule has 1 aliphatic rings. The number of likely N-dealkylation sites (tertiary alicyclic amines) is 1. The number of imidazole rings is 1. The Labute approximate surface area is 167 Å². The average Bonchev–Trinajstić information content (AvgIpc) is 3.48. The van der Waals surface area contributed by atoms with E-state index in [1.807, 2.05) is 12.4 Å². The summed E-state index contributed by atoms with van der Waals surface area (Å²) in [7, 11) is 0. The highest BCUT2D eigenvalue weighted by Crippen LogP contribution is 2.23. The van der Waals surface area contributed by atoms with Crippen LogP contribution in [-0.4, -0.2) is 44.2 Å². The van der Waals surface area contributed by atoms with Gasteiger partial charge in [0.15, 0.2) is 0 Å². The van der Waals surface area contributed by atoms with Crippen molar-refractivity contribution < 1.29 is 4.52 Å². The first-order valence-electron chi connectivity index (χ1n) is 9.86. The molecule has 3 aromatic heterocycles. The molecular formula is C21H23N5OS. The summed E-state index contributed by atoms with van der Waals surface area (Å²) in [4.78, 5) is 11.7. The lowest BCUT2D eigenvalue weighted by Gasteiger charge is -2.26. The third-order valence-corrected chi connectivity index (χ3v) is 6.12. The molecule has 4 heterocycles. The number of nitrogens with zero attached hydrogens (tertiary/aromatic N) is 5. The Morgan fingerprint density at radius 2 is 2.00 bits per heavy atom. The molecule has 0 aliphatic carbocycles. The average molecular weight is 394 g/mol. The lowest BCUT2D eigenvalue weighted by atomic mass is 10.1. The van der Waals surface area contributed by atoms with E-state index in [0.717, 1.165) is 29.7 Å². The van der Waals surface area contributed by atoms with Gasteiger partial charge in [0.1, 0.15) is 0 Å². The normalized spacial score (nSPS) is 15.4. The van der Waals surface area contributed by atoms with Crippen molar-refractivity contribution in [2.45, 2.75) is 32.2 Å². The minimum Gasteiger partial charge on any atom is -0.339 e. The van der Waals surface area contributed by atoms with Gasteiger partial charge in [-0.05, 0) is 66.5 Å². The second-order valence-electron chi connectivity index (χ2n) is 7.36. The largest absolute Gasteiger partial charge is 0.339 e. The summed E-state index contributed by atoms with van der Waals surface area (Å²) in [5.74, 6) is 1.26. The van der Waals surface area contributed by atoms with E-state index >= 15 is 0 Å². The van der Waals surface area contributed by atoms with Crippen LogP contribution < -0.4 is 0 Å². The predicted molar refractivity (Wildman–Crippen MR) is 110 cm³/mol. The fourth-order valence-electron chi connectivity index (χ4n) is 3.83. The topological polar surface area (TPSA) is 60.0 Å². The zero-order chi connectivity index (χ0) is 18.8. The van der Waals surface area contributed by atoms with Gasteiger partial charge in [-0.1, -0.05) is 11.6 Å². The van der Waals surface area contributed by atoms with E-state index in [1.165, 1.54) is 37.9 Å². The van der Waals surface area contributed by atoms with Gasteiger partial charge < -0.3 is 14.0 Å². The van der Waals surface area contributed by atoms with Crippen molar-refractivity contribution in [1.82, 2.24) is 24.6 Å². The maximum atomic E-state index is 5.43. The Kier molecular flexibility index (Phi) is 4.93. The van der Waals surface area contributed by atoms with E-state index in [9.17, 15) is 0 Å². The SMILES string of the molecule is c1cc(Cc2nc(-c3ccc4c(c3)ncn4CCN3CCCCC3)no2)cs1. The fraction of sp³-hybridized carbons (Fsp3) is 0.381. The van der Waals surface area contributed by atoms with Crippen molar-refractivity contribution >= 4 is 22.4 Å². The molecule has 7 heteroatoms. The van der Waals surface area contributed by atoms with Crippen LogP contribution in [-0.2, 0) is 13.0 Å². The molecule has 5 rings (SSSR count). The van der Waals surface area contributed by atoms with Gasteiger partial charge in [0.05, 0.1) is 23.8 Å². The van der Waals surface area contributed by atoms with Gasteiger partial charge >= 0.3 is 0 Å². The van der Waals surface area contributed by atoms with Crippen LogP contribution in [0.25, 0.3) is 22.4 Å². The minimum absolute atomic E-state index is 0.620. The number of fused-ring (bicyclic) bond motifs is 1. The Balaban J connectivity index is 1.31. The van der Waals surface area contributed by atoms with Gasteiger partial charge in [-0.2, -0.15) is 16.3 Å². The second kappa shape index (κ2) is 7.85. The van der Waals surface area contributed by atoms with Crippen LogP contribution in [0.2, 0.25) is 0 Å². The van der Waals surface area contributed by atoms with Gasteiger partial charge in [-0.15, -0.1) is 0 Å². The highest BCUT2D eigenvalue weighted by Gasteiger charge is 2.13. The monoisotopic (exact) mass is 393 g/mol. The van der Waals surface area contributed by atoms with Crippen molar-refractivity contribution in [3.8, 4) is 11.4 Å². The molecule has 0 saturated carbocycles. The zero-order valence-corrected chi connectivity index (χ0v) is 16.6. The van der Waals surface area contributed by atoms with Crippen LogP contribution in [0, 0.1) is 0 Å². The van der Waals surface area contributed by atoms with Crippen LogP contribution >= 0.6 is 11.3 Å². The van der Waals surface area contributed by atoms with Crippen molar-refractivity contribution in [3.63, 3.8) is 0 Å². The van der Waals surface area contributed by atoms with Gasteiger partial charge in [0.25, 0.3) is 0 Å². The molecule has 0 unspecified atom stereocenters. The first-order valence-corrected chi connectivity index (χ1v) is 10.8. The fourth-order valence-corrected chi connectivity index (χ4v) is 4.49. The second-order valence-corrected chi connectivity index (χ2v) is 8.14. The first kappa shape index (κ1) is 17.6. The van der Waals surface area contributed by atoms with Crippen LogP contribution in [0.4, 0.5) is 0 Å². The van der Waals surface area contributed by atoms with Gasteiger partial charge in [0.2, 0.25) is 11.7 Å². The lowest BCUT2D eigenvalue weighted by molar-refractivity contribution is 0.221. The zero-order valence-electron chi connectivity index (χ0n) is 15.8. The lowest BCUT2D eigenvalue weighted by Crippen LogP contribution is -2.32. The van der Waals surface area contributed by atoms with Crippen molar-refractivity contribution in [2.75, 3.05) is 19.6 Å². The standard InChI is InChI=1S/C21H23N5OS/c1-2-7-25(8-3-1)9-10-26-15-22-18-13-17(4-5-19(18)26)21-23-20(27-24-21)12-16-6-11-28-14-16/h4-6,11,13-15H,1-3,7-10,12H2. The summed E-state index contributed by atoms with van der Waals surface area (Å²) in [5, 5.41) is 8.32. The van der Waals surface area contributed by atoms with Crippen LogP contribution in [0.1, 0.15) is 30.7 Å². The van der Waals surface area contributed by atoms with Crippen LogP contribution in [0.3, 0.4) is 0 Å². The molecule has 0 bridgehead atoms. The molecule has 0 N–H and O–H groups in total. The quantitative estimate of drug-likeness (QED) is 0.491. The number of aromatic nitrogens is 4. The molecule has 0 amide bonds. The number of hydrogen-bond acceptors (Lipinski definition) is 6. The van der Waals surface area contributed by atoms with Crippen molar-refractivity contribution in [3.05, 3.63) is 52.8 Å². The maximum absolute atomic E-state index is 5.43. The van der Waals surface area contributed by atoms with E-state index in [4.69, 9.17) is 4.52 Å². The summed E-state index contributed by atoms with van der Waals surface area (Å²) in [6.45, 7) is 4.51. The van der Waals surface area contributed by atoms with E-state index in [2.05, 4.69) is 53.6 Å². The molecular weight excluding hydrogens is 370 g/mol. The van der Waals surface area contributed by atoms with Crippen LogP contribution in [0.5, 0.6) is 0 Å². The third-order valence-electron chi connectivity index (χ3n) is 5.39. The molecule has 4 aromatic rings. The van der Waals surface area contributed by atoms with Gasteiger partial charge in [-0.3, -0.25) is 0 Å². The Morgan fingerprint density at radius 1 is 1.07 bits per heavy atom. The van der Waals surface area contributed by atoms with E-state index in [0.29, 0.717) is 18.1 Å². The molecule has 28 heavy (non-hydrogen) atoms. The first-order chi connectivity index (χ1) is 13.8. The van der Waals surface area contributed by atoms with E-state index < -0.39 is 0 Å². The number of rotatable bonds is 6. The summed E-state index contributed by atoms with van der Waals surface area (Å²) >= 11 is 1.68. The molecule has 1 fully saturated rings. The Hall–Kier alpha value is -2.51. The minimum atomic E-state index is 0.620. The summed E-state index contributed by atoms with van der Waals surface area (Å²) in [5.41, 5.74) is 4.26. The van der Waals surface area contributed by atoms with Crippen molar-refractivity contribution in [2.24, 2.45) is 0 Å². The van der Waals surface area contributed by atoms with Gasteiger partial charge in [0, 0.05) is 18.7 Å². The number of benzene rings is 1.